The van der Waals surface area contributed by atoms with Crippen LogP contribution in [0.25, 0.3) is 0 Å². The zero-order valence-electron chi connectivity index (χ0n) is 11.0. The third-order valence-electron chi connectivity index (χ3n) is 2.88. The SMILES string of the molecule is CNC(CCC(C)(C)C)c1c(F)cccc1F. The summed E-state index contributed by atoms with van der Waals surface area (Å²) in [7, 11) is 1.74. The molecule has 1 rings (SSSR count). The van der Waals surface area contributed by atoms with E-state index < -0.39 is 11.6 Å². The van der Waals surface area contributed by atoms with Crippen molar-refractivity contribution in [3.63, 3.8) is 0 Å². The van der Waals surface area contributed by atoms with Crippen molar-refractivity contribution in [3.05, 3.63) is 35.4 Å². The van der Waals surface area contributed by atoms with Gasteiger partial charge in [-0.3, -0.25) is 0 Å². The predicted molar refractivity (Wildman–Crippen MR) is 66.8 cm³/mol. The molecule has 0 aliphatic carbocycles. The second kappa shape index (κ2) is 5.58. The summed E-state index contributed by atoms with van der Waals surface area (Å²) in [4.78, 5) is 0. The highest BCUT2D eigenvalue weighted by atomic mass is 19.1. The van der Waals surface area contributed by atoms with E-state index in [1.54, 1.807) is 7.05 Å². The van der Waals surface area contributed by atoms with Gasteiger partial charge in [0.05, 0.1) is 0 Å². The van der Waals surface area contributed by atoms with Crippen LogP contribution in [-0.2, 0) is 0 Å². The molecule has 0 saturated carbocycles. The molecule has 0 aliphatic rings. The number of benzene rings is 1. The Morgan fingerprint density at radius 3 is 2.12 bits per heavy atom. The lowest BCUT2D eigenvalue weighted by Gasteiger charge is -2.23. The molecule has 1 nitrogen and oxygen atoms in total. The van der Waals surface area contributed by atoms with Gasteiger partial charge < -0.3 is 5.32 Å². The first-order valence-electron chi connectivity index (χ1n) is 5.96. The molecule has 96 valence electrons. The van der Waals surface area contributed by atoms with Crippen LogP contribution in [0.15, 0.2) is 18.2 Å². The Labute approximate surface area is 102 Å². The molecule has 3 heteroatoms. The van der Waals surface area contributed by atoms with Gasteiger partial charge in [0.15, 0.2) is 0 Å². The van der Waals surface area contributed by atoms with Crippen molar-refractivity contribution in [2.24, 2.45) is 5.41 Å². The van der Waals surface area contributed by atoms with Gasteiger partial charge >= 0.3 is 0 Å². The maximum atomic E-state index is 13.6. The Balaban J connectivity index is 2.87. The van der Waals surface area contributed by atoms with Crippen molar-refractivity contribution in [3.8, 4) is 0 Å². The van der Waals surface area contributed by atoms with Crippen LogP contribution < -0.4 is 5.32 Å². The molecule has 0 aliphatic heterocycles. The normalized spacial score (nSPS) is 13.8. The van der Waals surface area contributed by atoms with Gasteiger partial charge in [-0.2, -0.15) is 0 Å². The summed E-state index contributed by atoms with van der Waals surface area (Å²) in [6.07, 6.45) is 1.63. The number of halogens is 2. The summed E-state index contributed by atoms with van der Waals surface area (Å²) < 4.78 is 27.3. The Hall–Kier alpha value is -0.960. The molecule has 1 N–H and O–H groups in total. The molecule has 1 unspecified atom stereocenters. The number of hydrogen-bond donors (Lipinski definition) is 1. The lowest BCUT2D eigenvalue weighted by atomic mass is 9.87. The first-order chi connectivity index (χ1) is 7.85. The van der Waals surface area contributed by atoms with E-state index in [2.05, 4.69) is 26.1 Å². The molecular formula is C14H21F2N. The molecule has 0 fully saturated rings. The predicted octanol–water partition coefficient (Wildman–Crippen LogP) is 4.05. The van der Waals surface area contributed by atoms with Crippen LogP contribution in [0.4, 0.5) is 8.78 Å². The van der Waals surface area contributed by atoms with Crippen molar-refractivity contribution >= 4 is 0 Å². The third kappa shape index (κ3) is 4.08. The minimum Gasteiger partial charge on any atom is -0.313 e. The van der Waals surface area contributed by atoms with E-state index in [-0.39, 0.29) is 17.0 Å². The first-order valence-corrected chi connectivity index (χ1v) is 5.96. The van der Waals surface area contributed by atoms with Crippen LogP contribution in [0, 0.1) is 17.0 Å². The van der Waals surface area contributed by atoms with Gasteiger partial charge in [0, 0.05) is 11.6 Å². The molecule has 0 heterocycles. The van der Waals surface area contributed by atoms with Gasteiger partial charge in [-0.05, 0) is 37.4 Å². The topological polar surface area (TPSA) is 12.0 Å². The molecule has 0 amide bonds. The van der Waals surface area contributed by atoms with Crippen molar-refractivity contribution in [1.29, 1.82) is 0 Å². The van der Waals surface area contributed by atoms with Crippen LogP contribution in [0.1, 0.15) is 45.2 Å². The van der Waals surface area contributed by atoms with Crippen LogP contribution in [-0.4, -0.2) is 7.05 Å². The van der Waals surface area contributed by atoms with Crippen LogP contribution in [0.2, 0.25) is 0 Å². The highest BCUT2D eigenvalue weighted by Gasteiger charge is 2.21. The standard InChI is InChI=1S/C14H21F2N/c1-14(2,3)9-8-12(17-4)13-10(15)6-5-7-11(13)16/h5-7,12,17H,8-9H2,1-4H3. The first kappa shape index (κ1) is 14.1. The van der Waals surface area contributed by atoms with E-state index in [1.807, 2.05) is 0 Å². The maximum absolute atomic E-state index is 13.6. The molecule has 0 radical (unpaired) electrons. The lowest BCUT2D eigenvalue weighted by Crippen LogP contribution is -2.21. The highest BCUT2D eigenvalue weighted by molar-refractivity contribution is 5.23. The van der Waals surface area contributed by atoms with E-state index in [4.69, 9.17) is 0 Å². The number of hydrogen-bond acceptors (Lipinski definition) is 1. The molecule has 1 aromatic rings. The van der Waals surface area contributed by atoms with Crippen LogP contribution >= 0.6 is 0 Å². The molecule has 1 atom stereocenters. The van der Waals surface area contributed by atoms with Gasteiger partial charge in [-0.1, -0.05) is 26.8 Å². The van der Waals surface area contributed by atoms with Crippen molar-refractivity contribution in [1.82, 2.24) is 5.32 Å². The Morgan fingerprint density at radius 1 is 1.18 bits per heavy atom. The number of rotatable bonds is 4. The van der Waals surface area contributed by atoms with E-state index in [9.17, 15) is 8.78 Å². The molecule has 1 aromatic carbocycles. The van der Waals surface area contributed by atoms with E-state index in [0.717, 1.165) is 12.8 Å². The zero-order valence-corrected chi connectivity index (χ0v) is 11.0. The second-order valence-electron chi connectivity index (χ2n) is 5.58. The van der Waals surface area contributed by atoms with Gasteiger partial charge in [0.2, 0.25) is 0 Å². The average molecular weight is 241 g/mol. The summed E-state index contributed by atoms with van der Waals surface area (Å²) in [6, 6.07) is 3.74. The van der Waals surface area contributed by atoms with Crippen LogP contribution in [0.3, 0.4) is 0 Å². The summed E-state index contributed by atoms with van der Waals surface area (Å²) in [5, 5.41) is 2.99. The molecular weight excluding hydrogens is 220 g/mol. The Morgan fingerprint density at radius 2 is 1.71 bits per heavy atom. The van der Waals surface area contributed by atoms with E-state index in [1.165, 1.54) is 18.2 Å². The molecule has 0 saturated heterocycles. The minimum absolute atomic E-state index is 0.152. The van der Waals surface area contributed by atoms with Crippen molar-refractivity contribution in [2.75, 3.05) is 7.05 Å². The monoisotopic (exact) mass is 241 g/mol. The smallest absolute Gasteiger partial charge is 0.130 e. The van der Waals surface area contributed by atoms with Crippen LogP contribution in [0.5, 0.6) is 0 Å². The lowest BCUT2D eigenvalue weighted by molar-refractivity contribution is 0.331. The summed E-state index contributed by atoms with van der Waals surface area (Å²) in [5.41, 5.74) is 0.316. The van der Waals surface area contributed by atoms with E-state index >= 15 is 0 Å². The Bertz CT molecular complexity index is 349. The fourth-order valence-electron chi connectivity index (χ4n) is 1.85. The zero-order chi connectivity index (χ0) is 13.1. The van der Waals surface area contributed by atoms with Gasteiger partial charge in [-0.25, -0.2) is 8.78 Å². The van der Waals surface area contributed by atoms with Gasteiger partial charge in [0.1, 0.15) is 11.6 Å². The van der Waals surface area contributed by atoms with Crippen molar-refractivity contribution in [2.45, 2.75) is 39.7 Å². The minimum atomic E-state index is -0.474. The van der Waals surface area contributed by atoms with E-state index in [0.29, 0.717) is 0 Å². The van der Waals surface area contributed by atoms with Gasteiger partial charge in [0.25, 0.3) is 0 Å². The maximum Gasteiger partial charge on any atom is 0.130 e. The summed E-state index contributed by atoms with van der Waals surface area (Å²) in [5.74, 6) is -0.948. The average Bonchev–Trinajstić information content (AvgIpc) is 2.21. The molecule has 0 spiro atoms. The largest absolute Gasteiger partial charge is 0.313 e. The highest BCUT2D eigenvalue weighted by Crippen LogP contribution is 2.29. The number of nitrogens with one attached hydrogen (secondary N) is 1. The fraction of sp³-hybridized carbons (Fsp3) is 0.571. The third-order valence-corrected chi connectivity index (χ3v) is 2.88. The summed E-state index contributed by atoms with van der Waals surface area (Å²) in [6.45, 7) is 6.37. The van der Waals surface area contributed by atoms with Gasteiger partial charge in [-0.15, -0.1) is 0 Å². The molecule has 0 aromatic heterocycles. The quantitative estimate of drug-likeness (QED) is 0.838. The molecule has 0 bridgehead atoms. The summed E-state index contributed by atoms with van der Waals surface area (Å²) >= 11 is 0. The Kier molecular flexibility index (Phi) is 4.63. The second-order valence-corrected chi connectivity index (χ2v) is 5.58. The molecule has 17 heavy (non-hydrogen) atoms. The van der Waals surface area contributed by atoms with Crippen molar-refractivity contribution < 1.29 is 8.78 Å². The fourth-order valence-corrected chi connectivity index (χ4v) is 1.85.